The van der Waals surface area contributed by atoms with E-state index < -0.39 is 5.82 Å². The summed E-state index contributed by atoms with van der Waals surface area (Å²) in [5, 5.41) is 0.842. The van der Waals surface area contributed by atoms with Crippen LogP contribution in [-0.4, -0.2) is 10.8 Å². The van der Waals surface area contributed by atoms with Crippen LogP contribution in [0.5, 0.6) is 0 Å². The molecule has 0 saturated carbocycles. The molecule has 2 aromatic carbocycles. The van der Waals surface area contributed by atoms with E-state index in [1.165, 1.54) is 12.1 Å². The quantitative estimate of drug-likeness (QED) is 0.539. The maximum atomic E-state index is 13.4. The van der Waals surface area contributed by atoms with Crippen molar-refractivity contribution < 1.29 is 9.18 Å². The molecule has 0 unspecified atom stereocenters. The number of benzene rings is 2. The Labute approximate surface area is 129 Å². The van der Waals surface area contributed by atoms with Gasteiger partial charge in [0.2, 0.25) is 0 Å². The highest BCUT2D eigenvalue weighted by atomic mass is 79.9. The van der Waals surface area contributed by atoms with E-state index in [2.05, 4.69) is 20.9 Å². The number of nitrogens with one attached hydrogen (secondary N) is 1. The molecule has 21 heavy (non-hydrogen) atoms. The van der Waals surface area contributed by atoms with Gasteiger partial charge in [-0.1, -0.05) is 11.6 Å². The van der Waals surface area contributed by atoms with E-state index in [0.29, 0.717) is 15.6 Å². The molecule has 106 valence electrons. The predicted octanol–water partition coefficient (Wildman–Crippen LogP) is 4.19. The third kappa shape index (κ3) is 2.34. The second-order valence-electron chi connectivity index (χ2n) is 4.93. The van der Waals surface area contributed by atoms with E-state index in [-0.39, 0.29) is 11.5 Å². The third-order valence-electron chi connectivity index (χ3n) is 3.41. The molecule has 0 amide bonds. The molecule has 0 aliphatic rings. The summed E-state index contributed by atoms with van der Waals surface area (Å²) in [4.78, 5) is 15.8. The lowest BCUT2D eigenvalue weighted by Gasteiger charge is -2.06. The fourth-order valence-electron chi connectivity index (χ4n) is 2.31. The molecule has 3 nitrogen and oxygen atoms in total. The molecule has 0 bridgehead atoms. The molecule has 0 fully saturated rings. The smallest absolute Gasteiger partial charge is 0.196 e. The molecule has 0 aliphatic heterocycles. The number of aryl methyl sites for hydroxylation is 1. The first kappa shape index (κ1) is 13.8. The number of nitrogen functional groups attached to an aromatic ring is 1. The van der Waals surface area contributed by atoms with Gasteiger partial charge in [0.25, 0.3) is 0 Å². The van der Waals surface area contributed by atoms with E-state index in [1.54, 1.807) is 6.20 Å². The number of carbonyl (C=O) groups excluding carboxylic acids is 1. The van der Waals surface area contributed by atoms with Crippen LogP contribution >= 0.6 is 15.9 Å². The van der Waals surface area contributed by atoms with Gasteiger partial charge in [-0.3, -0.25) is 4.79 Å². The van der Waals surface area contributed by atoms with Gasteiger partial charge < -0.3 is 10.7 Å². The van der Waals surface area contributed by atoms with Gasteiger partial charge in [-0.15, -0.1) is 0 Å². The molecule has 1 heterocycles. The lowest BCUT2D eigenvalue weighted by molar-refractivity contribution is 0.103. The molecule has 0 atom stereocenters. The lowest BCUT2D eigenvalue weighted by atomic mass is 10.0. The van der Waals surface area contributed by atoms with Crippen molar-refractivity contribution in [3.8, 4) is 0 Å². The maximum Gasteiger partial charge on any atom is 0.196 e. The van der Waals surface area contributed by atoms with Crippen LogP contribution < -0.4 is 5.73 Å². The average molecular weight is 347 g/mol. The zero-order valence-electron chi connectivity index (χ0n) is 11.2. The van der Waals surface area contributed by atoms with Gasteiger partial charge in [-0.05, 0) is 47.1 Å². The van der Waals surface area contributed by atoms with E-state index in [4.69, 9.17) is 5.73 Å². The molecule has 3 rings (SSSR count). The summed E-state index contributed by atoms with van der Waals surface area (Å²) in [6, 6.07) is 8.41. The average Bonchev–Trinajstić information content (AvgIpc) is 2.85. The largest absolute Gasteiger partial charge is 0.396 e. The van der Waals surface area contributed by atoms with Crippen LogP contribution in [0.3, 0.4) is 0 Å². The van der Waals surface area contributed by atoms with Gasteiger partial charge in [0.15, 0.2) is 5.78 Å². The van der Waals surface area contributed by atoms with E-state index in [0.717, 1.165) is 16.5 Å². The highest BCUT2D eigenvalue weighted by Crippen LogP contribution is 2.28. The number of carbonyl (C=O) groups is 1. The normalized spacial score (nSPS) is 11.0. The zero-order valence-corrected chi connectivity index (χ0v) is 12.8. The van der Waals surface area contributed by atoms with Gasteiger partial charge in [-0.25, -0.2) is 4.39 Å². The van der Waals surface area contributed by atoms with E-state index in [9.17, 15) is 9.18 Å². The monoisotopic (exact) mass is 346 g/mol. The Kier molecular flexibility index (Phi) is 3.29. The number of hydrogen-bond donors (Lipinski definition) is 2. The number of H-pyrrole nitrogens is 1. The van der Waals surface area contributed by atoms with Crippen molar-refractivity contribution in [2.45, 2.75) is 6.92 Å². The van der Waals surface area contributed by atoms with Gasteiger partial charge in [-0.2, -0.15) is 0 Å². The Bertz CT molecular complexity index is 870. The first-order chi connectivity index (χ1) is 9.97. The molecule has 0 aliphatic carbocycles. The Hall–Kier alpha value is -2.14. The lowest BCUT2D eigenvalue weighted by Crippen LogP contribution is -2.04. The molecule has 0 spiro atoms. The first-order valence-corrected chi connectivity index (χ1v) is 7.13. The number of rotatable bonds is 2. The third-order valence-corrected chi connectivity index (χ3v) is 4.07. The minimum absolute atomic E-state index is 0.0439. The topological polar surface area (TPSA) is 58.9 Å². The summed E-state index contributed by atoms with van der Waals surface area (Å²) in [6.45, 7) is 1.96. The molecule has 3 N–H and O–H groups in total. The number of aromatic nitrogens is 1. The summed E-state index contributed by atoms with van der Waals surface area (Å²) in [5.74, 6) is -0.751. The molecule has 0 saturated heterocycles. The Morgan fingerprint density at radius 1 is 1.24 bits per heavy atom. The number of anilines is 1. The number of hydrogen-bond acceptors (Lipinski definition) is 2. The Morgan fingerprint density at radius 3 is 2.76 bits per heavy atom. The minimum Gasteiger partial charge on any atom is -0.396 e. The van der Waals surface area contributed by atoms with Crippen LogP contribution in [0.2, 0.25) is 0 Å². The van der Waals surface area contributed by atoms with Crippen molar-refractivity contribution >= 4 is 38.3 Å². The summed E-state index contributed by atoms with van der Waals surface area (Å²) in [7, 11) is 0. The van der Waals surface area contributed by atoms with Crippen molar-refractivity contribution in [1.29, 1.82) is 0 Å². The van der Waals surface area contributed by atoms with Crippen molar-refractivity contribution in [2.24, 2.45) is 0 Å². The van der Waals surface area contributed by atoms with Crippen molar-refractivity contribution in [2.75, 3.05) is 5.73 Å². The summed E-state index contributed by atoms with van der Waals surface area (Å²) < 4.78 is 13.8. The van der Waals surface area contributed by atoms with Crippen molar-refractivity contribution in [1.82, 2.24) is 4.98 Å². The van der Waals surface area contributed by atoms with Crippen LogP contribution in [0.25, 0.3) is 10.9 Å². The second kappa shape index (κ2) is 5.00. The Morgan fingerprint density at radius 2 is 2.00 bits per heavy atom. The van der Waals surface area contributed by atoms with Crippen LogP contribution in [0.15, 0.2) is 41.0 Å². The van der Waals surface area contributed by atoms with Crippen molar-refractivity contribution in [3.63, 3.8) is 0 Å². The van der Waals surface area contributed by atoms with E-state index >= 15 is 0 Å². The number of halogens is 2. The second-order valence-corrected chi connectivity index (χ2v) is 5.79. The maximum absolute atomic E-state index is 13.4. The summed E-state index contributed by atoms with van der Waals surface area (Å²) >= 11 is 3.22. The summed E-state index contributed by atoms with van der Waals surface area (Å²) in [6.07, 6.45) is 1.67. The number of nitrogens with two attached hydrogens (primary N) is 1. The zero-order chi connectivity index (χ0) is 15.1. The van der Waals surface area contributed by atoms with Crippen molar-refractivity contribution in [3.05, 3.63) is 63.5 Å². The molecule has 0 radical (unpaired) electrons. The van der Waals surface area contributed by atoms with E-state index in [1.807, 2.05) is 25.1 Å². The predicted molar refractivity (Wildman–Crippen MR) is 85.0 cm³/mol. The van der Waals surface area contributed by atoms with Crippen LogP contribution in [0.1, 0.15) is 21.5 Å². The molecule has 1 aromatic heterocycles. The number of aromatic amines is 1. The fourth-order valence-corrected chi connectivity index (χ4v) is 2.80. The molecular weight excluding hydrogens is 335 g/mol. The van der Waals surface area contributed by atoms with Crippen LogP contribution in [-0.2, 0) is 0 Å². The minimum atomic E-state index is -0.548. The Balaban J connectivity index is 2.17. The SMILES string of the molecule is Cc1ccc2[nH]cc(C(=O)c3cc(N)c(F)cc3Br)c2c1. The standard InChI is InChI=1S/C16H12BrFN2O/c1-8-2-3-15-9(4-8)11(7-20-15)16(21)10-5-14(19)13(18)6-12(10)17/h2-7,20H,19H2,1H3. The molecule has 3 aromatic rings. The highest BCUT2D eigenvalue weighted by Gasteiger charge is 2.18. The van der Waals surface area contributed by atoms with Gasteiger partial charge in [0.1, 0.15) is 5.82 Å². The van der Waals surface area contributed by atoms with Crippen LogP contribution in [0.4, 0.5) is 10.1 Å². The first-order valence-electron chi connectivity index (χ1n) is 6.34. The summed E-state index contributed by atoms with van der Waals surface area (Å²) in [5.41, 5.74) is 8.35. The number of fused-ring (bicyclic) bond motifs is 1. The van der Waals surface area contributed by atoms with Gasteiger partial charge in [0.05, 0.1) is 5.69 Å². The fraction of sp³-hybridized carbons (Fsp3) is 0.0625. The molecule has 5 heteroatoms. The van der Waals surface area contributed by atoms with Crippen LogP contribution in [0, 0.1) is 12.7 Å². The highest BCUT2D eigenvalue weighted by molar-refractivity contribution is 9.10. The molecular formula is C16H12BrFN2O. The van der Waals surface area contributed by atoms with Gasteiger partial charge >= 0.3 is 0 Å². The van der Waals surface area contributed by atoms with Gasteiger partial charge in [0, 0.05) is 32.7 Å². The number of ketones is 1.